The average molecular weight is 632 g/mol. The van der Waals surface area contributed by atoms with Gasteiger partial charge in [-0.25, -0.2) is 13.2 Å². The summed E-state index contributed by atoms with van der Waals surface area (Å²) in [6.07, 6.45) is 10.4. The third kappa shape index (κ3) is 4.86. The molecule has 3 saturated heterocycles. The molecule has 4 aromatic rings. The van der Waals surface area contributed by atoms with Gasteiger partial charge in [-0.05, 0) is 85.0 Å². The van der Waals surface area contributed by atoms with Crippen LogP contribution >= 0.6 is 0 Å². The van der Waals surface area contributed by atoms with Crippen molar-refractivity contribution in [1.29, 1.82) is 0 Å². The van der Waals surface area contributed by atoms with Crippen LogP contribution in [0.3, 0.4) is 0 Å². The van der Waals surface area contributed by atoms with Crippen LogP contribution < -0.4 is 9.64 Å². The Morgan fingerprint density at radius 1 is 1.02 bits per heavy atom. The van der Waals surface area contributed by atoms with Gasteiger partial charge in [0.1, 0.15) is 41.4 Å². The number of hydrogen-bond acceptors (Lipinski definition) is 7. The van der Waals surface area contributed by atoms with Crippen molar-refractivity contribution in [2.75, 3.05) is 37.7 Å². The number of alkyl halides is 1. The smallest absolute Gasteiger partial charge is 0.319 e. The maximum atomic E-state index is 16.9. The average Bonchev–Trinajstić information content (AvgIpc) is 3.72. The second-order valence-electron chi connectivity index (χ2n) is 14.1. The van der Waals surface area contributed by atoms with Crippen LogP contribution in [0, 0.1) is 17.0 Å². The molecule has 2 atom stereocenters. The number of benzene rings is 2. The van der Waals surface area contributed by atoms with Crippen molar-refractivity contribution in [2.45, 2.75) is 82.8 Å². The van der Waals surface area contributed by atoms with E-state index in [0.717, 1.165) is 38.9 Å². The van der Waals surface area contributed by atoms with Crippen LogP contribution in [0.15, 0.2) is 30.5 Å². The highest BCUT2D eigenvalue weighted by Gasteiger charge is 2.49. The van der Waals surface area contributed by atoms with Crippen molar-refractivity contribution in [3.8, 4) is 23.0 Å². The highest BCUT2D eigenvalue weighted by Crippen LogP contribution is 2.47. The normalized spacial score (nSPS) is 24.4. The highest BCUT2D eigenvalue weighted by atomic mass is 19.1. The number of pyridine rings is 1. The van der Waals surface area contributed by atoms with Crippen molar-refractivity contribution < 1.29 is 23.0 Å². The SMILES string of the molecule is CCc1c(F)ccc2cc(O)cc(-c3ncc4c(N5CCC6(CCCCC6)C5)nc(OC[C@@]56CCCN5C[C@H](F)C6)nc4c3F)c12. The molecule has 1 saturated carbocycles. The van der Waals surface area contributed by atoms with Gasteiger partial charge in [-0.2, -0.15) is 9.97 Å². The van der Waals surface area contributed by atoms with Crippen molar-refractivity contribution in [3.05, 3.63) is 47.7 Å². The number of aryl methyl sites for hydroxylation is 1. The Morgan fingerprint density at radius 3 is 2.70 bits per heavy atom. The molecule has 1 spiro atoms. The van der Waals surface area contributed by atoms with E-state index in [2.05, 4.69) is 19.8 Å². The first-order valence-electron chi connectivity index (χ1n) is 16.9. The summed E-state index contributed by atoms with van der Waals surface area (Å²) in [7, 11) is 0. The van der Waals surface area contributed by atoms with Gasteiger partial charge < -0.3 is 14.7 Å². The molecule has 0 bridgehead atoms. The highest BCUT2D eigenvalue weighted by molar-refractivity contribution is 6.01. The van der Waals surface area contributed by atoms with Crippen LogP contribution in [0.5, 0.6) is 11.8 Å². The molecule has 2 aromatic heterocycles. The van der Waals surface area contributed by atoms with E-state index in [0.29, 0.717) is 52.5 Å². The topological polar surface area (TPSA) is 74.6 Å². The first-order chi connectivity index (χ1) is 22.3. The zero-order chi connectivity index (χ0) is 31.6. The Kier molecular flexibility index (Phi) is 7.27. The van der Waals surface area contributed by atoms with Gasteiger partial charge in [-0.1, -0.05) is 32.3 Å². The number of nitrogens with zero attached hydrogens (tertiary/aromatic N) is 5. The molecule has 0 unspecified atom stereocenters. The van der Waals surface area contributed by atoms with E-state index in [9.17, 15) is 13.9 Å². The summed E-state index contributed by atoms with van der Waals surface area (Å²) < 4.78 is 52.7. The molecule has 8 rings (SSSR count). The van der Waals surface area contributed by atoms with Crippen LogP contribution in [0.25, 0.3) is 32.9 Å². The summed E-state index contributed by atoms with van der Waals surface area (Å²) >= 11 is 0. The van der Waals surface area contributed by atoms with Gasteiger partial charge in [-0.15, -0.1) is 0 Å². The number of rotatable bonds is 6. The molecule has 4 aliphatic rings. The number of phenolic OH excluding ortho intramolecular Hbond substituents is 1. The fraction of sp³-hybridized carbons (Fsp3) is 0.528. The summed E-state index contributed by atoms with van der Waals surface area (Å²) in [6.45, 7) is 4.96. The first kappa shape index (κ1) is 29.7. The van der Waals surface area contributed by atoms with E-state index < -0.39 is 23.3 Å². The number of aromatic nitrogens is 3. The molecular formula is C36H40F3N5O2. The molecule has 46 heavy (non-hydrogen) atoms. The van der Waals surface area contributed by atoms with Crippen molar-refractivity contribution in [3.63, 3.8) is 0 Å². The lowest BCUT2D eigenvalue weighted by atomic mass is 9.73. The summed E-state index contributed by atoms with van der Waals surface area (Å²) in [5, 5.41) is 12.2. The summed E-state index contributed by atoms with van der Waals surface area (Å²) in [6, 6.07) is 6.00. The Balaban J connectivity index is 1.26. The fourth-order valence-corrected chi connectivity index (χ4v) is 9.02. The Hall–Kier alpha value is -3.66. The van der Waals surface area contributed by atoms with Crippen molar-refractivity contribution in [1.82, 2.24) is 19.9 Å². The predicted octanol–water partition coefficient (Wildman–Crippen LogP) is 7.51. The van der Waals surface area contributed by atoms with Crippen molar-refractivity contribution >= 4 is 27.5 Å². The van der Waals surface area contributed by atoms with Crippen LogP contribution in [0.4, 0.5) is 19.0 Å². The molecule has 1 N–H and O–H groups in total. The zero-order valence-electron chi connectivity index (χ0n) is 26.3. The number of fused-ring (bicyclic) bond motifs is 3. The van der Waals surface area contributed by atoms with Crippen LogP contribution in [-0.4, -0.2) is 69.5 Å². The maximum absolute atomic E-state index is 16.9. The zero-order valence-corrected chi connectivity index (χ0v) is 26.3. The molecule has 2 aromatic carbocycles. The van der Waals surface area contributed by atoms with Gasteiger partial charge in [0, 0.05) is 37.8 Å². The van der Waals surface area contributed by atoms with Gasteiger partial charge in [0.25, 0.3) is 0 Å². The Labute approximate surface area is 266 Å². The van der Waals surface area contributed by atoms with Crippen LogP contribution in [0.1, 0.15) is 70.3 Å². The maximum Gasteiger partial charge on any atom is 0.319 e. The lowest BCUT2D eigenvalue weighted by molar-refractivity contribution is 0.107. The van der Waals surface area contributed by atoms with Gasteiger partial charge in [0.05, 0.1) is 10.9 Å². The molecule has 4 fully saturated rings. The molecule has 10 heteroatoms. The molecule has 0 amide bonds. The number of ether oxygens (including phenoxy) is 1. The predicted molar refractivity (Wildman–Crippen MR) is 172 cm³/mol. The first-order valence-corrected chi connectivity index (χ1v) is 16.9. The minimum Gasteiger partial charge on any atom is -0.508 e. The summed E-state index contributed by atoms with van der Waals surface area (Å²) in [5.41, 5.74) is 0.602. The fourth-order valence-electron chi connectivity index (χ4n) is 9.02. The van der Waals surface area contributed by atoms with Gasteiger partial charge in [-0.3, -0.25) is 9.88 Å². The number of halogens is 3. The monoisotopic (exact) mass is 631 g/mol. The van der Waals surface area contributed by atoms with Gasteiger partial charge >= 0.3 is 6.01 Å². The Bertz CT molecular complexity index is 1830. The van der Waals surface area contributed by atoms with E-state index in [-0.39, 0.29) is 35.0 Å². The van der Waals surface area contributed by atoms with E-state index >= 15 is 4.39 Å². The molecule has 242 valence electrons. The third-order valence-corrected chi connectivity index (χ3v) is 11.3. The molecule has 1 aliphatic carbocycles. The van der Waals surface area contributed by atoms with E-state index in [1.807, 2.05) is 6.92 Å². The van der Waals surface area contributed by atoms with Gasteiger partial charge in [0.2, 0.25) is 0 Å². The van der Waals surface area contributed by atoms with E-state index in [1.54, 1.807) is 18.3 Å². The standard InChI is InChI=1S/C36H40F3N5O2/c1-2-25-28(38)8-7-22-15-24(45)16-26(29(22)25)31-30(39)32-27(18-40-31)33(43-14-12-35(20-43)9-4-3-5-10-35)42-34(41-32)46-21-36-11-6-13-44(36)19-23(37)17-36/h7-8,15-16,18,23,45H,2-6,9-14,17,19-21H2,1H3/t23-,36+/m1/s1. The second kappa shape index (κ2) is 11.2. The minimum absolute atomic E-state index is 0.0221. The van der Waals surface area contributed by atoms with E-state index in [4.69, 9.17) is 9.72 Å². The number of aromatic hydroxyl groups is 1. The third-order valence-electron chi connectivity index (χ3n) is 11.3. The van der Waals surface area contributed by atoms with Gasteiger partial charge in [0.15, 0.2) is 5.82 Å². The number of phenols is 1. The molecule has 5 heterocycles. The van der Waals surface area contributed by atoms with E-state index in [1.165, 1.54) is 44.2 Å². The number of hydrogen-bond donors (Lipinski definition) is 1. The lowest BCUT2D eigenvalue weighted by Gasteiger charge is -2.33. The molecule has 3 aliphatic heterocycles. The summed E-state index contributed by atoms with van der Waals surface area (Å²) in [4.78, 5) is 18.5. The minimum atomic E-state index is -0.894. The largest absolute Gasteiger partial charge is 0.508 e. The van der Waals surface area contributed by atoms with Crippen molar-refractivity contribution in [2.24, 2.45) is 5.41 Å². The molecule has 0 radical (unpaired) electrons. The van der Waals surface area contributed by atoms with Crippen LogP contribution in [-0.2, 0) is 6.42 Å². The summed E-state index contributed by atoms with van der Waals surface area (Å²) in [5.74, 6) is -0.544. The lowest BCUT2D eigenvalue weighted by Crippen LogP contribution is -2.43. The Morgan fingerprint density at radius 2 is 1.87 bits per heavy atom. The quantitative estimate of drug-likeness (QED) is 0.236. The second-order valence-corrected chi connectivity index (χ2v) is 14.1. The number of anilines is 1. The molecular weight excluding hydrogens is 591 g/mol. The van der Waals surface area contributed by atoms with Crippen LogP contribution in [0.2, 0.25) is 0 Å². The molecule has 7 nitrogen and oxygen atoms in total.